The van der Waals surface area contributed by atoms with Crippen molar-refractivity contribution in [1.29, 1.82) is 0 Å². The highest BCUT2D eigenvalue weighted by molar-refractivity contribution is 6.74. The number of rotatable bonds is 15. The SMILES string of the molecule is CCOC(=O)C[C@H](COc1ccc(C(CC)(CC)c2ccc(C#CC(OCOC)(C(F)(F)F)C(F)(F)F)c(C)c2)cc1C)O[Si](C)(C)C(C)(C)C. The summed E-state index contributed by atoms with van der Waals surface area (Å²) in [6.45, 7) is 19.0. The van der Waals surface area contributed by atoms with Gasteiger partial charge in [0.05, 0.1) is 19.1 Å². The number of hydrogen-bond donors (Lipinski definition) is 0. The first kappa shape index (κ1) is 44.1. The molecule has 0 aliphatic heterocycles. The van der Waals surface area contributed by atoms with Gasteiger partial charge in [-0.3, -0.25) is 4.79 Å². The van der Waals surface area contributed by atoms with E-state index in [9.17, 15) is 31.1 Å². The van der Waals surface area contributed by atoms with Crippen LogP contribution in [0, 0.1) is 25.7 Å². The number of ether oxygens (including phenoxy) is 4. The van der Waals surface area contributed by atoms with E-state index in [2.05, 4.69) is 49.3 Å². The molecule has 0 unspecified atom stereocenters. The van der Waals surface area contributed by atoms with E-state index in [1.54, 1.807) is 26.0 Å². The van der Waals surface area contributed by atoms with Gasteiger partial charge >= 0.3 is 23.9 Å². The van der Waals surface area contributed by atoms with Crippen LogP contribution >= 0.6 is 0 Å². The summed E-state index contributed by atoms with van der Waals surface area (Å²) in [7, 11) is -1.33. The van der Waals surface area contributed by atoms with Crippen LogP contribution in [-0.2, 0) is 28.8 Å². The van der Waals surface area contributed by atoms with Gasteiger partial charge < -0.3 is 23.4 Å². The number of carbonyl (C=O) groups is 1. The second-order valence-corrected chi connectivity index (χ2v) is 18.9. The summed E-state index contributed by atoms with van der Waals surface area (Å²) in [4.78, 5) is 12.4. The Hall–Kier alpha value is -3.05. The molecule has 0 amide bonds. The third-order valence-corrected chi connectivity index (χ3v) is 14.2. The van der Waals surface area contributed by atoms with E-state index in [0.717, 1.165) is 23.8 Å². The lowest BCUT2D eigenvalue weighted by Gasteiger charge is -2.39. The van der Waals surface area contributed by atoms with Crippen LogP contribution in [0.2, 0.25) is 18.1 Å². The summed E-state index contributed by atoms with van der Waals surface area (Å²) in [6, 6.07) is 10.7. The maximum absolute atomic E-state index is 13.8. The van der Waals surface area contributed by atoms with Crippen molar-refractivity contribution in [2.45, 2.75) is 122 Å². The summed E-state index contributed by atoms with van der Waals surface area (Å²) < 4.78 is 109. The van der Waals surface area contributed by atoms with E-state index in [-0.39, 0.29) is 36.2 Å². The Morgan fingerprint density at radius 3 is 1.86 bits per heavy atom. The van der Waals surface area contributed by atoms with Gasteiger partial charge in [0.2, 0.25) is 0 Å². The Labute approximate surface area is 299 Å². The van der Waals surface area contributed by atoms with E-state index in [4.69, 9.17) is 13.9 Å². The van der Waals surface area contributed by atoms with Gasteiger partial charge in [0, 0.05) is 18.1 Å². The number of hydrogen-bond acceptors (Lipinski definition) is 6. The van der Waals surface area contributed by atoms with Crippen LogP contribution in [-0.4, -0.2) is 65.5 Å². The molecule has 0 N–H and O–H groups in total. The standard InChI is InChI=1S/C38H52F6O6Si/c1-12-35(13-2,29-16-15-28(26(4)21-29)19-20-36(37(39,40)41,38(42,43)44)49-25-46-9)30-17-18-32(27(5)22-30)48-24-31(23-33(45)47-14-3)50-51(10,11)34(6,7)8/h15-18,21-22,31H,12-14,23-25H2,1-11H3/t31-/m1/s1. The molecule has 0 heterocycles. The average Bonchev–Trinajstić information content (AvgIpc) is 3.00. The minimum atomic E-state index is -5.88. The maximum Gasteiger partial charge on any atom is 0.438 e. The second-order valence-electron chi connectivity index (χ2n) is 14.1. The number of carbonyl (C=O) groups excluding carboxylic acids is 1. The van der Waals surface area contributed by atoms with Crippen LogP contribution in [0.1, 0.15) is 88.6 Å². The van der Waals surface area contributed by atoms with Crippen molar-refractivity contribution in [3.63, 3.8) is 0 Å². The molecule has 6 nitrogen and oxygen atoms in total. The minimum absolute atomic E-state index is 0.00373. The first-order valence-electron chi connectivity index (χ1n) is 16.9. The van der Waals surface area contributed by atoms with E-state index in [1.807, 2.05) is 39.0 Å². The Kier molecular flexibility index (Phi) is 14.9. The molecule has 51 heavy (non-hydrogen) atoms. The fourth-order valence-electron chi connectivity index (χ4n) is 5.57. The quantitative estimate of drug-likeness (QED) is 0.0595. The zero-order chi connectivity index (χ0) is 39.1. The van der Waals surface area contributed by atoms with E-state index < -0.39 is 44.6 Å². The van der Waals surface area contributed by atoms with Crippen molar-refractivity contribution >= 4 is 14.3 Å². The van der Waals surface area contributed by atoms with Gasteiger partial charge in [-0.05, 0) is 92.1 Å². The molecule has 2 aromatic carbocycles. The zero-order valence-corrected chi connectivity index (χ0v) is 32.5. The molecule has 0 aliphatic carbocycles. The summed E-state index contributed by atoms with van der Waals surface area (Å²) in [5, 5.41) is -0.0839. The molecule has 286 valence electrons. The maximum atomic E-state index is 13.8. The monoisotopic (exact) mass is 746 g/mol. The van der Waals surface area contributed by atoms with Gasteiger partial charge in [0.25, 0.3) is 0 Å². The van der Waals surface area contributed by atoms with Gasteiger partial charge in [0.1, 0.15) is 19.1 Å². The van der Waals surface area contributed by atoms with Crippen molar-refractivity contribution < 1.29 is 54.5 Å². The van der Waals surface area contributed by atoms with Gasteiger partial charge in [0.15, 0.2) is 8.32 Å². The first-order valence-corrected chi connectivity index (χ1v) is 19.8. The van der Waals surface area contributed by atoms with Crippen molar-refractivity contribution in [2.75, 3.05) is 27.1 Å². The highest BCUT2D eigenvalue weighted by Crippen LogP contribution is 2.46. The molecule has 0 saturated heterocycles. The highest BCUT2D eigenvalue weighted by Gasteiger charge is 2.72. The van der Waals surface area contributed by atoms with Crippen molar-refractivity contribution in [3.8, 4) is 17.6 Å². The third kappa shape index (κ3) is 10.3. The Balaban J connectivity index is 2.48. The normalized spacial score (nSPS) is 13.7. The molecular formula is C38H52F6O6Si. The highest BCUT2D eigenvalue weighted by atomic mass is 28.4. The average molecular weight is 747 g/mol. The van der Waals surface area contributed by atoms with Crippen LogP contribution in [0.3, 0.4) is 0 Å². The molecule has 1 atom stereocenters. The van der Waals surface area contributed by atoms with Gasteiger partial charge in [-0.25, -0.2) is 0 Å². The Bertz CT molecular complexity index is 1520. The largest absolute Gasteiger partial charge is 0.491 e. The van der Waals surface area contributed by atoms with Crippen LogP contribution in [0.4, 0.5) is 26.3 Å². The fourth-order valence-corrected chi connectivity index (χ4v) is 6.90. The minimum Gasteiger partial charge on any atom is -0.491 e. The van der Waals surface area contributed by atoms with Crippen LogP contribution in [0.15, 0.2) is 36.4 Å². The lowest BCUT2D eigenvalue weighted by Crippen LogP contribution is -2.58. The fraction of sp³-hybridized carbons (Fsp3) is 0.605. The van der Waals surface area contributed by atoms with E-state index >= 15 is 0 Å². The number of aryl methyl sites for hydroxylation is 2. The van der Waals surface area contributed by atoms with Gasteiger partial charge in [-0.2, -0.15) is 26.3 Å². The van der Waals surface area contributed by atoms with Crippen LogP contribution < -0.4 is 4.74 Å². The number of esters is 1. The van der Waals surface area contributed by atoms with Gasteiger partial charge in [-0.1, -0.05) is 64.8 Å². The molecule has 0 spiro atoms. The molecule has 0 aliphatic rings. The molecule has 2 rings (SSSR count). The molecule has 0 fully saturated rings. The zero-order valence-electron chi connectivity index (χ0n) is 31.5. The lowest BCUT2D eigenvalue weighted by atomic mass is 9.70. The molecule has 0 aromatic heterocycles. The third-order valence-electron chi connectivity index (χ3n) is 9.67. The topological polar surface area (TPSA) is 63.2 Å². The predicted molar refractivity (Wildman–Crippen MR) is 187 cm³/mol. The van der Waals surface area contributed by atoms with E-state index in [0.29, 0.717) is 24.2 Å². The number of benzene rings is 2. The summed E-state index contributed by atoms with van der Waals surface area (Å²) in [5.74, 6) is 3.68. The molecule has 13 heteroatoms. The van der Waals surface area contributed by atoms with Crippen LogP contribution in [0.5, 0.6) is 5.75 Å². The summed E-state index contributed by atoms with van der Waals surface area (Å²) in [5.41, 5.74) is -2.24. The molecular weight excluding hydrogens is 694 g/mol. The second kappa shape index (κ2) is 17.2. The molecule has 0 bridgehead atoms. The Morgan fingerprint density at radius 2 is 1.41 bits per heavy atom. The number of halogens is 6. The number of methoxy groups -OCH3 is 1. The smallest absolute Gasteiger partial charge is 0.438 e. The van der Waals surface area contributed by atoms with Crippen molar-refractivity contribution in [3.05, 3.63) is 64.2 Å². The predicted octanol–water partition coefficient (Wildman–Crippen LogP) is 9.97. The Morgan fingerprint density at radius 1 is 0.863 bits per heavy atom. The van der Waals surface area contributed by atoms with Crippen molar-refractivity contribution in [1.82, 2.24) is 0 Å². The van der Waals surface area contributed by atoms with E-state index in [1.165, 1.54) is 12.0 Å². The molecule has 0 saturated carbocycles. The lowest BCUT2D eigenvalue weighted by molar-refractivity contribution is -0.368. The number of alkyl halides is 6. The summed E-state index contributed by atoms with van der Waals surface area (Å²) in [6.07, 6.45) is -10.9. The van der Waals surface area contributed by atoms with Gasteiger partial charge in [-0.15, -0.1) is 0 Å². The van der Waals surface area contributed by atoms with Crippen molar-refractivity contribution in [2.24, 2.45) is 0 Å². The summed E-state index contributed by atoms with van der Waals surface area (Å²) >= 11 is 0. The molecule has 0 radical (unpaired) electrons. The van der Waals surface area contributed by atoms with Crippen LogP contribution in [0.25, 0.3) is 0 Å². The first-order chi connectivity index (χ1) is 23.4. The molecule has 2 aromatic rings.